The normalized spacial score (nSPS) is 12.6. The lowest BCUT2D eigenvalue weighted by molar-refractivity contribution is -0.137. The van der Waals surface area contributed by atoms with Gasteiger partial charge in [-0.25, -0.2) is 4.98 Å². The first-order valence-electron chi connectivity index (χ1n) is 16.4. The molecule has 1 aliphatic heterocycles. The molecular weight excluding hydrogens is 627 g/mol. The number of alkyl halides is 3. The molecule has 2 heterocycles. The molecule has 1 aliphatic rings. The maximum absolute atomic E-state index is 13.6. The third-order valence-corrected chi connectivity index (χ3v) is 9.39. The molecule has 7 aromatic carbocycles. The third-order valence-electron chi connectivity index (χ3n) is 9.39. The Morgan fingerprint density at radius 2 is 0.980 bits per heavy atom. The van der Waals surface area contributed by atoms with Crippen molar-refractivity contribution in [3.63, 3.8) is 0 Å². The van der Waals surface area contributed by atoms with Crippen molar-refractivity contribution in [2.24, 2.45) is 0 Å². The van der Waals surface area contributed by atoms with Gasteiger partial charge in [-0.3, -0.25) is 0 Å². The van der Waals surface area contributed by atoms with Crippen molar-refractivity contribution in [1.29, 1.82) is 0 Å². The minimum Gasteiger partial charge on any atom is -0.306 e. The van der Waals surface area contributed by atoms with E-state index in [1.165, 1.54) is 12.1 Å². The zero-order valence-corrected chi connectivity index (χ0v) is 26.6. The van der Waals surface area contributed by atoms with Gasteiger partial charge in [-0.15, -0.1) is 0 Å². The Kier molecular flexibility index (Phi) is 6.92. The fraction of sp³-hybridized carbons (Fsp3) is 0.0227. The molecule has 0 saturated carbocycles. The number of fused-ring (bicyclic) bond motifs is 4. The summed E-state index contributed by atoms with van der Waals surface area (Å²) in [6.45, 7) is 0. The molecule has 1 aromatic heterocycles. The molecule has 0 aliphatic carbocycles. The van der Waals surface area contributed by atoms with Gasteiger partial charge in [0.15, 0.2) is 0 Å². The summed E-state index contributed by atoms with van der Waals surface area (Å²) in [5.41, 5.74) is 9.13. The van der Waals surface area contributed by atoms with Gasteiger partial charge in [0, 0.05) is 16.6 Å². The molecule has 0 fully saturated rings. The molecule has 0 atom stereocenters. The molecule has 0 unspecified atom stereocenters. The van der Waals surface area contributed by atoms with Gasteiger partial charge in [0.2, 0.25) is 0 Å². The molecule has 6 heteroatoms. The molecule has 9 rings (SSSR count). The average molecular weight is 656 g/mol. The summed E-state index contributed by atoms with van der Waals surface area (Å²) in [4.78, 5) is 9.79. The van der Waals surface area contributed by atoms with Gasteiger partial charge in [0.1, 0.15) is 0 Å². The number of halogens is 3. The van der Waals surface area contributed by atoms with Crippen molar-refractivity contribution in [3.8, 4) is 22.4 Å². The van der Waals surface area contributed by atoms with Crippen LogP contribution in [0.25, 0.3) is 44.1 Å². The van der Waals surface area contributed by atoms with E-state index >= 15 is 0 Å². The van der Waals surface area contributed by atoms with E-state index in [1.807, 2.05) is 66.7 Å². The topological polar surface area (TPSA) is 19.4 Å². The highest BCUT2D eigenvalue weighted by Crippen LogP contribution is 2.55. The number of anilines is 6. The molecule has 50 heavy (non-hydrogen) atoms. The van der Waals surface area contributed by atoms with Crippen LogP contribution in [0.5, 0.6) is 0 Å². The van der Waals surface area contributed by atoms with E-state index in [1.54, 1.807) is 0 Å². The van der Waals surface area contributed by atoms with Gasteiger partial charge in [-0.05, 0) is 82.6 Å². The highest BCUT2D eigenvalue weighted by atomic mass is 19.4. The second-order valence-electron chi connectivity index (χ2n) is 12.3. The molecule has 3 nitrogen and oxygen atoms in total. The molecule has 240 valence electrons. The average Bonchev–Trinajstić information content (AvgIpc) is 3.16. The van der Waals surface area contributed by atoms with Crippen LogP contribution in [0, 0.1) is 0 Å². The summed E-state index contributed by atoms with van der Waals surface area (Å²) in [6.07, 6.45) is -4.43. The second kappa shape index (κ2) is 11.6. The smallest absolute Gasteiger partial charge is 0.306 e. The van der Waals surface area contributed by atoms with Crippen LogP contribution in [-0.2, 0) is 6.18 Å². The molecule has 0 saturated heterocycles. The van der Waals surface area contributed by atoms with E-state index in [2.05, 4.69) is 88.7 Å². The SMILES string of the molecule is FC(F)(F)c1ccc(-c2cc(-c3cccc4ccccc34)c3cccc(N4c5ccccc5N(c5ccccc5)c5ccccc54)c3n2)cc1. The van der Waals surface area contributed by atoms with Crippen LogP contribution in [0.1, 0.15) is 5.56 Å². The Labute approximate surface area is 287 Å². The Hall–Kier alpha value is -6.40. The Balaban J connectivity index is 1.33. The molecule has 0 radical (unpaired) electrons. The molecule has 0 spiro atoms. The van der Waals surface area contributed by atoms with Crippen LogP contribution < -0.4 is 9.80 Å². The van der Waals surface area contributed by atoms with Crippen molar-refractivity contribution in [1.82, 2.24) is 4.98 Å². The summed E-state index contributed by atoms with van der Waals surface area (Å²) < 4.78 is 40.7. The van der Waals surface area contributed by atoms with Crippen LogP contribution in [-0.4, -0.2) is 4.98 Å². The van der Waals surface area contributed by atoms with Gasteiger partial charge in [-0.1, -0.05) is 109 Å². The van der Waals surface area contributed by atoms with Crippen LogP contribution in [0.15, 0.2) is 170 Å². The summed E-state index contributed by atoms with van der Waals surface area (Å²) in [5, 5.41) is 3.12. The van der Waals surface area contributed by atoms with E-state index in [0.29, 0.717) is 11.3 Å². The number of rotatable bonds is 4. The highest BCUT2D eigenvalue weighted by molar-refractivity contribution is 6.11. The van der Waals surface area contributed by atoms with E-state index in [9.17, 15) is 13.2 Å². The number of nitrogens with zero attached hydrogens (tertiary/aromatic N) is 3. The minimum atomic E-state index is -4.43. The number of pyridine rings is 1. The van der Waals surface area contributed by atoms with E-state index in [0.717, 1.165) is 79.1 Å². The first-order valence-corrected chi connectivity index (χ1v) is 16.4. The van der Waals surface area contributed by atoms with Crippen molar-refractivity contribution in [3.05, 3.63) is 175 Å². The van der Waals surface area contributed by atoms with E-state index < -0.39 is 11.7 Å². The van der Waals surface area contributed by atoms with Crippen LogP contribution in [0.2, 0.25) is 0 Å². The summed E-state index contributed by atoms with van der Waals surface area (Å²) in [7, 11) is 0. The Morgan fingerprint density at radius 1 is 0.440 bits per heavy atom. The lowest BCUT2D eigenvalue weighted by Gasteiger charge is -2.40. The van der Waals surface area contributed by atoms with Crippen LogP contribution in [0.4, 0.5) is 47.3 Å². The fourth-order valence-corrected chi connectivity index (χ4v) is 7.13. The summed E-state index contributed by atoms with van der Waals surface area (Å²) in [6, 6.07) is 54.9. The van der Waals surface area contributed by atoms with Gasteiger partial charge in [0.25, 0.3) is 0 Å². The van der Waals surface area contributed by atoms with E-state index in [-0.39, 0.29) is 0 Å². The van der Waals surface area contributed by atoms with Crippen molar-refractivity contribution in [2.75, 3.05) is 9.80 Å². The van der Waals surface area contributed by atoms with Gasteiger partial charge >= 0.3 is 6.18 Å². The van der Waals surface area contributed by atoms with Gasteiger partial charge in [0.05, 0.1) is 45.2 Å². The zero-order chi connectivity index (χ0) is 33.8. The second-order valence-corrected chi connectivity index (χ2v) is 12.3. The Morgan fingerprint density at radius 3 is 1.66 bits per heavy atom. The Bertz CT molecular complexity index is 2490. The lowest BCUT2D eigenvalue weighted by atomic mass is 9.93. The van der Waals surface area contributed by atoms with Crippen molar-refractivity contribution in [2.45, 2.75) is 6.18 Å². The van der Waals surface area contributed by atoms with Crippen molar-refractivity contribution >= 4 is 55.8 Å². The first-order chi connectivity index (χ1) is 24.5. The molecular formula is C44H28F3N3. The molecule has 0 N–H and O–H groups in total. The maximum atomic E-state index is 13.6. The van der Waals surface area contributed by atoms with Gasteiger partial charge in [-0.2, -0.15) is 13.2 Å². The summed E-state index contributed by atoms with van der Waals surface area (Å²) >= 11 is 0. The monoisotopic (exact) mass is 655 g/mol. The predicted molar refractivity (Wildman–Crippen MR) is 198 cm³/mol. The molecule has 0 bridgehead atoms. The quantitative estimate of drug-likeness (QED) is 0.188. The summed E-state index contributed by atoms with van der Waals surface area (Å²) in [5.74, 6) is 0. The number of hydrogen-bond donors (Lipinski definition) is 0. The number of para-hydroxylation sites is 6. The zero-order valence-electron chi connectivity index (χ0n) is 26.6. The van der Waals surface area contributed by atoms with Gasteiger partial charge < -0.3 is 9.80 Å². The standard InChI is InChI=1S/C44H28F3N3/c45-44(46,47)31-26-24-30(25-27-31)37-28-36(34-17-10-13-29-12-4-5-16-33(29)34)35-18-11-23-42(43(35)48-37)50-40-21-8-6-19-38(40)49(32-14-2-1-3-15-32)39-20-7-9-22-41(39)50/h1-28H. The van der Waals surface area contributed by atoms with Crippen LogP contribution in [0.3, 0.4) is 0 Å². The lowest BCUT2D eigenvalue weighted by Crippen LogP contribution is -2.24. The minimum absolute atomic E-state index is 0.589. The third kappa shape index (κ3) is 4.88. The fourth-order valence-electron chi connectivity index (χ4n) is 7.13. The van der Waals surface area contributed by atoms with Crippen LogP contribution >= 0.6 is 0 Å². The predicted octanol–water partition coefficient (Wildman–Crippen LogP) is 13.0. The number of benzene rings is 7. The largest absolute Gasteiger partial charge is 0.416 e. The van der Waals surface area contributed by atoms with Crippen molar-refractivity contribution < 1.29 is 13.2 Å². The van der Waals surface area contributed by atoms with E-state index in [4.69, 9.17) is 4.98 Å². The maximum Gasteiger partial charge on any atom is 0.416 e. The molecule has 0 amide bonds. The highest BCUT2D eigenvalue weighted by Gasteiger charge is 2.32. The number of aromatic nitrogens is 1. The number of hydrogen-bond acceptors (Lipinski definition) is 3. The first kappa shape index (κ1) is 29.7. The molecule has 8 aromatic rings.